The van der Waals surface area contributed by atoms with Gasteiger partial charge in [0.25, 0.3) is 5.91 Å². The van der Waals surface area contributed by atoms with Crippen molar-refractivity contribution in [2.75, 3.05) is 17.6 Å². The Morgan fingerprint density at radius 3 is 2.31 bits per heavy atom. The lowest BCUT2D eigenvalue weighted by atomic mass is 9.90. The first-order valence-electron chi connectivity index (χ1n) is 11.2. The van der Waals surface area contributed by atoms with Gasteiger partial charge in [0.05, 0.1) is 24.3 Å². The van der Waals surface area contributed by atoms with E-state index < -0.39 is 46.0 Å². The van der Waals surface area contributed by atoms with E-state index in [0.29, 0.717) is 6.42 Å². The maximum Gasteiger partial charge on any atom is 0.271 e. The van der Waals surface area contributed by atoms with Gasteiger partial charge in [-0.2, -0.15) is 0 Å². The molecule has 0 saturated heterocycles. The van der Waals surface area contributed by atoms with Crippen molar-refractivity contribution in [3.05, 3.63) is 47.0 Å². The molecule has 0 unspecified atom stereocenters. The number of aliphatic hydroxyl groups excluding tert-OH is 2. The summed E-state index contributed by atoms with van der Waals surface area (Å²) in [4.78, 5) is 29.4. The highest BCUT2D eigenvalue weighted by molar-refractivity contribution is 7.92. The summed E-state index contributed by atoms with van der Waals surface area (Å²) in [5, 5.41) is 28.6. The summed E-state index contributed by atoms with van der Waals surface area (Å²) in [6, 6.07) is 8.44. The average Bonchev–Trinajstić information content (AvgIpc) is 3.30. The van der Waals surface area contributed by atoms with Crippen molar-refractivity contribution in [1.82, 2.24) is 15.6 Å². The summed E-state index contributed by atoms with van der Waals surface area (Å²) in [6.07, 6.45) is -1.49. The number of aromatic nitrogens is 1. The zero-order chi connectivity index (χ0) is 26.3. The Kier molecular flexibility index (Phi) is 10.2. The molecule has 0 aliphatic heterocycles. The van der Waals surface area contributed by atoms with Gasteiger partial charge in [0, 0.05) is 19.0 Å². The van der Waals surface area contributed by atoms with Crippen LogP contribution in [-0.4, -0.2) is 67.0 Å². The third-order valence-corrected chi connectivity index (χ3v) is 7.73. The van der Waals surface area contributed by atoms with Crippen LogP contribution in [0.1, 0.15) is 43.2 Å². The molecule has 1 aromatic carbocycles. The van der Waals surface area contributed by atoms with Gasteiger partial charge in [-0.05, 0) is 17.9 Å². The summed E-state index contributed by atoms with van der Waals surface area (Å²) < 4.78 is 24.4. The number of benzene rings is 1. The van der Waals surface area contributed by atoms with Crippen LogP contribution in [0.4, 0.5) is 5.13 Å². The van der Waals surface area contributed by atoms with Gasteiger partial charge in [0.15, 0.2) is 5.13 Å². The Bertz CT molecular complexity index is 1090. The number of sulfonamides is 1. The lowest BCUT2D eigenvalue weighted by Crippen LogP contribution is -2.53. The molecule has 2 aromatic rings. The molecule has 1 aromatic heterocycles. The number of amides is 2. The molecule has 0 saturated carbocycles. The molecule has 4 N–H and O–H groups in total. The minimum atomic E-state index is -3.53. The molecular weight excluding hydrogens is 492 g/mol. The molecule has 0 bridgehead atoms. The van der Waals surface area contributed by atoms with Crippen molar-refractivity contribution in [2.45, 2.75) is 52.0 Å². The SMILES string of the molecule is CC(C)C[C@H](NC(=O)c1csc(N(C)S(C)(=O)=O)n1)[C@@H](O)[C@H](O)[C@@H](C)C(=O)NCc1ccccc1. The minimum Gasteiger partial charge on any atom is -0.390 e. The van der Waals surface area contributed by atoms with Crippen LogP contribution in [-0.2, 0) is 21.4 Å². The van der Waals surface area contributed by atoms with Crippen LogP contribution in [0.25, 0.3) is 0 Å². The number of carbonyl (C=O) groups is 2. The van der Waals surface area contributed by atoms with Crippen LogP contribution >= 0.6 is 11.3 Å². The highest BCUT2D eigenvalue weighted by atomic mass is 32.2. The Balaban J connectivity index is 2.07. The Morgan fingerprint density at radius 2 is 1.74 bits per heavy atom. The fraction of sp³-hybridized carbons (Fsp3) is 0.522. The minimum absolute atomic E-state index is 0.00963. The Morgan fingerprint density at radius 1 is 1.11 bits per heavy atom. The van der Waals surface area contributed by atoms with E-state index in [1.54, 1.807) is 0 Å². The third-order valence-electron chi connectivity index (χ3n) is 5.53. The van der Waals surface area contributed by atoms with Crippen molar-refractivity contribution in [3.63, 3.8) is 0 Å². The lowest BCUT2D eigenvalue weighted by Gasteiger charge is -2.31. The van der Waals surface area contributed by atoms with E-state index in [9.17, 15) is 28.2 Å². The van der Waals surface area contributed by atoms with Gasteiger partial charge in [-0.15, -0.1) is 11.3 Å². The van der Waals surface area contributed by atoms with E-state index in [4.69, 9.17) is 0 Å². The first-order chi connectivity index (χ1) is 16.3. The van der Waals surface area contributed by atoms with Gasteiger partial charge in [-0.1, -0.05) is 51.1 Å². The predicted molar refractivity (Wildman–Crippen MR) is 136 cm³/mol. The fourth-order valence-corrected chi connectivity index (χ4v) is 4.86. The van der Waals surface area contributed by atoms with Gasteiger partial charge < -0.3 is 20.8 Å². The van der Waals surface area contributed by atoms with E-state index in [2.05, 4.69) is 15.6 Å². The number of carbonyl (C=O) groups excluding carboxylic acids is 2. The molecule has 0 fully saturated rings. The molecule has 0 aliphatic carbocycles. The first kappa shape index (κ1) is 28.7. The molecule has 194 valence electrons. The second kappa shape index (κ2) is 12.4. The van der Waals surface area contributed by atoms with E-state index in [1.807, 2.05) is 44.2 Å². The number of nitrogens with zero attached hydrogens (tertiary/aromatic N) is 2. The third kappa shape index (κ3) is 8.27. The van der Waals surface area contributed by atoms with Crippen LogP contribution in [0.3, 0.4) is 0 Å². The van der Waals surface area contributed by atoms with Crippen molar-refractivity contribution in [2.24, 2.45) is 11.8 Å². The summed E-state index contributed by atoms with van der Waals surface area (Å²) in [6.45, 7) is 5.59. The number of thiazole rings is 1. The summed E-state index contributed by atoms with van der Waals surface area (Å²) >= 11 is 0.991. The van der Waals surface area contributed by atoms with E-state index in [-0.39, 0.29) is 23.3 Å². The Hall–Kier alpha value is -2.54. The second-order valence-corrected chi connectivity index (χ2v) is 11.8. The zero-order valence-electron chi connectivity index (χ0n) is 20.5. The van der Waals surface area contributed by atoms with Gasteiger partial charge in [-0.3, -0.25) is 9.59 Å². The molecule has 35 heavy (non-hydrogen) atoms. The number of hydrogen-bond donors (Lipinski definition) is 4. The first-order valence-corrected chi connectivity index (χ1v) is 13.9. The normalized spacial score (nSPS) is 15.2. The fourth-order valence-electron chi connectivity index (χ4n) is 3.32. The van der Waals surface area contributed by atoms with E-state index in [1.165, 1.54) is 19.4 Å². The second-order valence-electron chi connectivity index (χ2n) is 8.93. The number of nitrogens with one attached hydrogen (secondary N) is 2. The van der Waals surface area contributed by atoms with Gasteiger partial charge in [0.2, 0.25) is 15.9 Å². The monoisotopic (exact) mass is 526 g/mol. The van der Waals surface area contributed by atoms with Crippen LogP contribution < -0.4 is 14.9 Å². The van der Waals surface area contributed by atoms with Gasteiger partial charge in [-0.25, -0.2) is 17.7 Å². The molecule has 10 nitrogen and oxygen atoms in total. The maximum atomic E-state index is 12.8. The molecule has 2 rings (SSSR count). The molecule has 0 spiro atoms. The van der Waals surface area contributed by atoms with Crippen molar-refractivity contribution in [1.29, 1.82) is 0 Å². The molecule has 12 heteroatoms. The number of hydrogen-bond acceptors (Lipinski definition) is 8. The van der Waals surface area contributed by atoms with Crippen molar-refractivity contribution < 1.29 is 28.2 Å². The summed E-state index contributed by atoms with van der Waals surface area (Å²) in [5.74, 6) is -1.92. The van der Waals surface area contributed by atoms with Crippen molar-refractivity contribution in [3.8, 4) is 0 Å². The molecule has 1 heterocycles. The quantitative estimate of drug-likeness (QED) is 0.326. The predicted octanol–water partition coefficient (Wildman–Crippen LogP) is 1.36. The molecule has 4 atom stereocenters. The molecule has 0 aliphatic rings. The summed E-state index contributed by atoms with van der Waals surface area (Å²) in [5.41, 5.74) is 0.891. The largest absolute Gasteiger partial charge is 0.390 e. The standard InChI is InChI=1S/C23H34N4O6S2/c1-14(2)11-17(25-22(31)18-13-34-23(26-18)27(4)35(5,32)33)20(29)19(28)15(3)21(30)24-12-16-9-7-6-8-10-16/h6-10,13-15,17,19-20,28-29H,11-12H2,1-5H3,(H,24,30)(H,25,31)/t15-,17+,19-,20-/m1/s1. The van der Waals surface area contributed by atoms with Gasteiger partial charge in [0.1, 0.15) is 11.8 Å². The number of anilines is 1. The lowest BCUT2D eigenvalue weighted by molar-refractivity contribution is -0.132. The van der Waals surface area contributed by atoms with Crippen LogP contribution in [0.2, 0.25) is 0 Å². The van der Waals surface area contributed by atoms with Crippen molar-refractivity contribution >= 4 is 38.3 Å². The van der Waals surface area contributed by atoms with Crippen LogP contribution in [0.15, 0.2) is 35.7 Å². The Labute approximate surface area is 210 Å². The zero-order valence-corrected chi connectivity index (χ0v) is 22.1. The topological polar surface area (TPSA) is 149 Å². The molecular formula is C23H34N4O6S2. The van der Waals surface area contributed by atoms with E-state index in [0.717, 1.165) is 27.5 Å². The van der Waals surface area contributed by atoms with E-state index >= 15 is 0 Å². The van der Waals surface area contributed by atoms with Crippen LogP contribution in [0.5, 0.6) is 0 Å². The van der Waals surface area contributed by atoms with Gasteiger partial charge >= 0.3 is 0 Å². The average molecular weight is 527 g/mol. The number of rotatable bonds is 12. The highest BCUT2D eigenvalue weighted by Crippen LogP contribution is 2.22. The smallest absolute Gasteiger partial charge is 0.271 e. The molecule has 2 amide bonds. The maximum absolute atomic E-state index is 12.8. The highest BCUT2D eigenvalue weighted by Gasteiger charge is 2.35. The molecule has 0 radical (unpaired) electrons. The summed E-state index contributed by atoms with van der Waals surface area (Å²) in [7, 11) is -2.20. The van der Waals surface area contributed by atoms with Crippen LogP contribution in [0, 0.1) is 11.8 Å². The number of aliphatic hydroxyl groups is 2.